The first-order chi connectivity index (χ1) is 31.2. The van der Waals surface area contributed by atoms with Gasteiger partial charge in [0.15, 0.2) is 0 Å². The van der Waals surface area contributed by atoms with Crippen molar-refractivity contribution in [2.24, 2.45) is 0 Å². The van der Waals surface area contributed by atoms with Gasteiger partial charge in [-0.05, 0) is 104 Å². The van der Waals surface area contributed by atoms with Crippen LogP contribution in [-0.4, -0.2) is 4.57 Å². The van der Waals surface area contributed by atoms with Crippen LogP contribution in [0.3, 0.4) is 0 Å². The third-order valence-corrected chi connectivity index (χ3v) is 14.1. The van der Waals surface area contributed by atoms with Gasteiger partial charge in [0, 0.05) is 53.1 Å². The van der Waals surface area contributed by atoms with E-state index in [-0.39, 0.29) is 0 Å². The topological polar surface area (TPSA) is 8.17 Å². The van der Waals surface area contributed by atoms with E-state index >= 15 is 0 Å². The normalized spacial score (nSPS) is 11.8. The molecule has 63 heavy (non-hydrogen) atoms. The van der Waals surface area contributed by atoms with E-state index in [1.54, 1.807) is 0 Å². The van der Waals surface area contributed by atoms with E-state index in [0.29, 0.717) is 0 Å². The van der Waals surface area contributed by atoms with E-state index in [0.717, 1.165) is 17.1 Å². The van der Waals surface area contributed by atoms with Crippen molar-refractivity contribution < 1.29 is 0 Å². The molecule has 0 atom stereocenters. The van der Waals surface area contributed by atoms with Crippen LogP contribution in [0, 0.1) is 0 Å². The van der Waals surface area contributed by atoms with E-state index in [9.17, 15) is 0 Å². The second kappa shape index (κ2) is 14.3. The third-order valence-electron chi connectivity index (χ3n) is 12.9. The molecule has 13 aromatic rings. The lowest BCUT2D eigenvalue weighted by Gasteiger charge is -2.28. The van der Waals surface area contributed by atoms with Gasteiger partial charge >= 0.3 is 0 Å². The Hall–Kier alpha value is -7.98. The number of aromatic nitrogens is 1. The average molecular weight is 819 g/mol. The van der Waals surface area contributed by atoms with Crippen molar-refractivity contribution in [2.75, 3.05) is 4.90 Å². The van der Waals surface area contributed by atoms with E-state index in [1.807, 2.05) is 11.3 Å². The second-order valence-corrected chi connectivity index (χ2v) is 17.6. The smallest absolute Gasteiger partial charge is 0.0547 e. The van der Waals surface area contributed by atoms with E-state index in [1.165, 1.54) is 102 Å². The van der Waals surface area contributed by atoms with E-state index < -0.39 is 0 Å². The van der Waals surface area contributed by atoms with Gasteiger partial charge in [-0.1, -0.05) is 170 Å². The van der Waals surface area contributed by atoms with Gasteiger partial charge in [-0.25, -0.2) is 0 Å². The molecule has 3 heteroatoms. The Balaban J connectivity index is 0.910. The van der Waals surface area contributed by atoms with Gasteiger partial charge in [0.1, 0.15) is 0 Å². The van der Waals surface area contributed by atoms with Crippen LogP contribution in [0.15, 0.2) is 231 Å². The van der Waals surface area contributed by atoms with Crippen molar-refractivity contribution in [3.05, 3.63) is 231 Å². The molecule has 2 aromatic heterocycles. The number of nitrogens with zero attached hydrogens (tertiary/aromatic N) is 2. The summed E-state index contributed by atoms with van der Waals surface area (Å²) in [6, 6.07) is 84.7. The molecule has 294 valence electrons. The zero-order valence-corrected chi connectivity index (χ0v) is 35.1. The molecule has 0 saturated carbocycles. The number of rotatable bonds is 6. The van der Waals surface area contributed by atoms with Crippen LogP contribution < -0.4 is 4.90 Å². The van der Waals surface area contributed by atoms with Gasteiger partial charge in [-0.3, -0.25) is 0 Å². The van der Waals surface area contributed by atoms with E-state index in [4.69, 9.17) is 0 Å². The molecule has 0 unspecified atom stereocenters. The fraction of sp³-hybridized carbons (Fsp3) is 0. The molecule has 0 N–H and O–H groups in total. The summed E-state index contributed by atoms with van der Waals surface area (Å²) >= 11 is 1.88. The summed E-state index contributed by atoms with van der Waals surface area (Å²) in [6.07, 6.45) is 0. The fourth-order valence-corrected chi connectivity index (χ4v) is 11.1. The summed E-state index contributed by atoms with van der Waals surface area (Å²) in [5.74, 6) is 0. The maximum Gasteiger partial charge on any atom is 0.0547 e. The van der Waals surface area contributed by atoms with Crippen LogP contribution in [0.2, 0.25) is 0 Å². The van der Waals surface area contributed by atoms with Gasteiger partial charge in [0.2, 0.25) is 0 Å². The van der Waals surface area contributed by atoms with Crippen molar-refractivity contribution in [1.82, 2.24) is 4.57 Å². The van der Waals surface area contributed by atoms with E-state index in [2.05, 4.69) is 240 Å². The first kappa shape index (κ1) is 35.7. The van der Waals surface area contributed by atoms with Crippen LogP contribution in [0.25, 0.3) is 102 Å². The minimum atomic E-state index is 1.12. The van der Waals surface area contributed by atoms with Gasteiger partial charge < -0.3 is 9.47 Å². The molecule has 0 radical (unpaired) electrons. The molecule has 2 nitrogen and oxygen atoms in total. The highest BCUT2D eigenvalue weighted by Gasteiger charge is 2.19. The first-order valence-corrected chi connectivity index (χ1v) is 22.4. The van der Waals surface area contributed by atoms with Crippen molar-refractivity contribution in [3.63, 3.8) is 0 Å². The summed E-state index contributed by atoms with van der Waals surface area (Å²) in [4.78, 5) is 2.43. The van der Waals surface area contributed by atoms with Crippen molar-refractivity contribution in [2.45, 2.75) is 0 Å². The molecule has 0 aliphatic carbocycles. The highest BCUT2D eigenvalue weighted by molar-refractivity contribution is 7.26. The van der Waals surface area contributed by atoms with Crippen molar-refractivity contribution in [1.29, 1.82) is 0 Å². The number of benzene rings is 11. The molecule has 0 amide bonds. The highest BCUT2D eigenvalue weighted by atomic mass is 32.1. The van der Waals surface area contributed by atoms with Crippen LogP contribution in [0.4, 0.5) is 17.1 Å². The van der Waals surface area contributed by atoms with Crippen LogP contribution >= 0.6 is 11.3 Å². The quantitative estimate of drug-likeness (QED) is 0.162. The minimum absolute atomic E-state index is 1.12. The predicted molar refractivity (Wildman–Crippen MR) is 272 cm³/mol. The lowest BCUT2D eigenvalue weighted by molar-refractivity contribution is 1.19. The van der Waals surface area contributed by atoms with Crippen LogP contribution in [0.1, 0.15) is 0 Å². The summed E-state index contributed by atoms with van der Waals surface area (Å²) in [6.45, 7) is 0. The van der Waals surface area contributed by atoms with Crippen LogP contribution in [0.5, 0.6) is 0 Å². The van der Waals surface area contributed by atoms with Gasteiger partial charge in [0.25, 0.3) is 0 Å². The maximum absolute atomic E-state index is 2.46. The predicted octanol–water partition coefficient (Wildman–Crippen LogP) is 17.4. The maximum atomic E-state index is 2.46. The lowest BCUT2D eigenvalue weighted by atomic mass is 9.98. The molecule has 13 rings (SSSR count). The molecule has 0 aliphatic heterocycles. The number of fused-ring (bicyclic) bond motifs is 10. The number of para-hydroxylation sites is 1. The number of hydrogen-bond acceptors (Lipinski definition) is 2. The molecule has 0 spiro atoms. The molecule has 0 aliphatic rings. The fourth-order valence-electron chi connectivity index (χ4n) is 10.00. The Morgan fingerprint density at radius 1 is 0.317 bits per heavy atom. The lowest BCUT2D eigenvalue weighted by Crippen LogP contribution is -2.11. The van der Waals surface area contributed by atoms with Gasteiger partial charge in [0.05, 0.1) is 22.4 Å². The molecular formula is C60H38N2S. The average Bonchev–Trinajstić information content (AvgIpc) is 3.90. The summed E-state index contributed by atoms with van der Waals surface area (Å²) in [7, 11) is 0. The van der Waals surface area contributed by atoms with Crippen LogP contribution in [-0.2, 0) is 0 Å². The Labute approximate surface area is 368 Å². The third kappa shape index (κ3) is 5.78. The van der Waals surface area contributed by atoms with Gasteiger partial charge in [-0.2, -0.15) is 0 Å². The molecular weight excluding hydrogens is 781 g/mol. The van der Waals surface area contributed by atoms with Crippen molar-refractivity contribution >= 4 is 103 Å². The largest absolute Gasteiger partial charge is 0.309 e. The first-order valence-electron chi connectivity index (χ1n) is 21.6. The highest BCUT2D eigenvalue weighted by Crippen LogP contribution is 2.44. The molecule has 2 heterocycles. The number of thiophene rings is 1. The molecule has 0 fully saturated rings. The Morgan fingerprint density at radius 3 is 1.57 bits per heavy atom. The SMILES string of the molecule is c1cc(-c2ccc(-c3ccc4c5ccccc5n(-c5ccc6sc7ccc8ccccc8c7c6c5)c4c3)cc2)cc(N(c2cccc3ccccc23)c2cccc3ccccc23)c1. The number of hydrogen-bond donors (Lipinski definition) is 0. The minimum Gasteiger partial charge on any atom is -0.309 e. The standard InChI is InChI=1S/C60H38N2S/c1-4-19-48-41(12-1)15-10-24-54(48)61(55-25-11-16-42-13-2-5-20-49(42)55)46-18-9-17-44(36-46)39-26-28-40(29-27-39)45-30-33-52-51-22-7-8-23-56(51)62(57(52)37-45)47-32-35-58-53(38-47)60-50-21-6-3-14-43(50)31-34-59(60)63-58/h1-38H. The Bertz CT molecular complexity index is 3840. The van der Waals surface area contributed by atoms with Crippen molar-refractivity contribution in [3.8, 4) is 27.9 Å². The Kier molecular flexibility index (Phi) is 8.12. The Morgan fingerprint density at radius 2 is 0.857 bits per heavy atom. The summed E-state index contributed by atoms with van der Waals surface area (Å²) < 4.78 is 5.10. The number of anilines is 3. The zero-order chi connectivity index (χ0) is 41.4. The molecule has 11 aromatic carbocycles. The molecule has 0 bridgehead atoms. The summed E-state index contributed by atoms with van der Waals surface area (Å²) in [5, 5.41) is 12.6. The summed E-state index contributed by atoms with van der Waals surface area (Å²) in [5.41, 5.74) is 11.7. The monoisotopic (exact) mass is 818 g/mol. The second-order valence-electron chi connectivity index (χ2n) is 16.5. The van der Waals surface area contributed by atoms with Gasteiger partial charge in [-0.15, -0.1) is 11.3 Å². The zero-order valence-electron chi connectivity index (χ0n) is 34.2. The molecule has 0 saturated heterocycles.